The molecule has 1 nitrogen and oxygen atoms in total. The molecule has 0 amide bonds. The van der Waals surface area contributed by atoms with Gasteiger partial charge in [0.05, 0.1) is 6.10 Å². The van der Waals surface area contributed by atoms with Crippen LogP contribution in [0.3, 0.4) is 0 Å². The quantitative estimate of drug-likeness (QED) is 0.340. The largest absolute Gasteiger partial charge is 0.393 e. The first-order chi connectivity index (χ1) is 5.27. The van der Waals surface area contributed by atoms with Crippen LogP contribution >= 0.6 is 22.6 Å². The highest BCUT2D eigenvalue weighted by molar-refractivity contribution is 14.1. The van der Waals surface area contributed by atoms with Gasteiger partial charge < -0.3 is 5.11 Å². The summed E-state index contributed by atoms with van der Waals surface area (Å²) in [4.78, 5) is 0. The number of hydrogen-bond acceptors (Lipinski definition) is 1. The third-order valence-electron chi connectivity index (χ3n) is 1.44. The van der Waals surface area contributed by atoms with Crippen molar-refractivity contribution >= 4 is 22.6 Å². The number of alkyl halides is 1. The van der Waals surface area contributed by atoms with Crippen LogP contribution in [0.2, 0.25) is 0 Å². The normalized spacial score (nSPS) is 14.1. The average Bonchev–Trinajstić information content (AvgIpc) is 1.96. The molecule has 1 N–H and O–H groups in total. The molecular weight excluding hydrogens is 251 g/mol. The minimum absolute atomic E-state index is 0.132. The predicted molar refractivity (Wildman–Crippen MR) is 58.2 cm³/mol. The van der Waals surface area contributed by atoms with Gasteiger partial charge in [-0.25, -0.2) is 0 Å². The van der Waals surface area contributed by atoms with E-state index in [2.05, 4.69) is 34.7 Å². The fourth-order valence-corrected chi connectivity index (χ4v) is 1.19. The SMILES string of the molecule is C[C@H](O)CCC/C=C\CCI. The second-order valence-corrected chi connectivity index (χ2v) is 3.81. The van der Waals surface area contributed by atoms with Crippen molar-refractivity contribution in [1.82, 2.24) is 0 Å². The molecule has 0 aromatic heterocycles. The molecule has 0 bridgehead atoms. The van der Waals surface area contributed by atoms with Gasteiger partial charge in [-0.2, -0.15) is 0 Å². The number of unbranched alkanes of at least 4 members (excludes halogenated alkanes) is 1. The van der Waals surface area contributed by atoms with Crippen molar-refractivity contribution in [2.75, 3.05) is 4.43 Å². The lowest BCUT2D eigenvalue weighted by Gasteiger charge is -1.99. The van der Waals surface area contributed by atoms with Crippen molar-refractivity contribution in [3.05, 3.63) is 12.2 Å². The van der Waals surface area contributed by atoms with Crippen LogP contribution in [0.1, 0.15) is 32.6 Å². The van der Waals surface area contributed by atoms with E-state index in [0.717, 1.165) is 19.3 Å². The standard InChI is InChI=1S/C9H17IO/c1-9(11)7-5-3-2-4-6-8-10/h2,4,9,11H,3,5-8H2,1H3/b4-2-/t9-/m0/s1. The lowest BCUT2D eigenvalue weighted by Crippen LogP contribution is -1.97. The molecule has 1 atom stereocenters. The molecule has 0 saturated carbocycles. The Morgan fingerprint density at radius 2 is 2.00 bits per heavy atom. The van der Waals surface area contributed by atoms with E-state index in [1.807, 2.05) is 6.92 Å². The molecule has 2 heteroatoms. The molecule has 0 aliphatic rings. The van der Waals surface area contributed by atoms with Crippen LogP contribution in [-0.2, 0) is 0 Å². The first kappa shape index (κ1) is 11.4. The van der Waals surface area contributed by atoms with Gasteiger partial charge in [-0.1, -0.05) is 34.7 Å². The summed E-state index contributed by atoms with van der Waals surface area (Å²) in [5.74, 6) is 0. The number of allylic oxidation sites excluding steroid dienone is 2. The van der Waals surface area contributed by atoms with Crippen molar-refractivity contribution in [3.8, 4) is 0 Å². The number of hydrogen-bond donors (Lipinski definition) is 1. The van der Waals surface area contributed by atoms with Crippen LogP contribution in [-0.4, -0.2) is 15.6 Å². The van der Waals surface area contributed by atoms with Gasteiger partial charge in [-0.15, -0.1) is 0 Å². The molecule has 0 aliphatic carbocycles. The zero-order valence-corrected chi connectivity index (χ0v) is 9.25. The van der Waals surface area contributed by atoms with Gasteiger partial charge in [0.25, 0.3) is 0 Å². The van der Waals surface area contributed by atoms with E-state index in [1.165, 1.54) is 10.8 Å². The second kappa shape index (κ2) is 8.53. The predicted octanol–water partition coefficient (Wildman–Crippen LogP) is 2.92. The van der Waals surface area contributed by atoms with E-state index in [4.69, 9.17) is 5.11 Å². The van der Waals surface area contributed by atoms with Crippen molar-refractivity contribution in [2.24, 2.45) is 0 Å². The van der Waals surface area contributed by atoms with E-state index < -0.39 is 0 Å². The molecule has 0 rings (SSSR count). The first-order valence-electron chi connectivity index (χ1n) is 4.16. The lowest BCUT2D eigenvalue weighted by atomic mass is 10.1. The molecule has 0 radical (unpaired) electrons. The Morgan fingerprint density at radius 3 is 2.55 bits per heavy atom. The summed E-state index contributed by atoms with van der Waals surface area (Å²) >= 11 is 2.37. The molecule has 11 heavy (non-hydrogen) atoms. The molecule has 0 saturated heterocycles. The number of aliphatic hydroxyl groups excluding tert-OH is 1. The zero-order valence-electron chi connectivity index (χ0n) is 7.09. The molecular formula is C9H17IO. The second-order valence-electron chi connectivity index (χ2n) is 2.73. The van der Waals surface area contributed by atoms with Crippen molar-refractivity contribution in [3.63, 3.8) is 0 Å². The summed E-state index contributed by atoms with van der Waals surface area (Å²) < 4.78 is 1.20. The molecule has 0 aliphatic heterocycles. The minimum atomic E-state index is -0.132. The Morgan fingerprint density at radius 1 is 1.36 bits per heavy atom. The first-order valence-corrected chi connectivity index (χ1v) is 5.69. The van der Waals surface area contributed by atoms with E-state index >= 15 is 0 Å². The van der Waals surface area contributed by atoms with Crippen LogP contribution in [0.25, 0.3) is 0 Å². The summed E-state index contributed by atoms with van der Waals surface area (Å²) in [5, 5.41) is 8.93. The maximum atomic E-state index is 8.93. The number of aliphatic hydroxyl groups is 1. The molecule has 0 unspecified atom stereocenters. The highest BCUT2D eigenvalue weighted by atomic mass is 127. The molecule has 0 aromatic rings. The van der Waals surface area contributed by atoms with Gasteiger partial charge in [0.2, 0.25) is 0 Å². The van der Waals surface area contributed by atoms with Gasteiger partial charge in [-0.05, 0) is 32.6 Å². The summed E-state index contributed by atoms with van der Waals surface area (Å²) in [6, 6.07) is 0. The highest BCUT2D eigenvalue weighted by Crippen LogP contribution is 2.01. The molecule has 0 fully saturated rings. The van der Waals surface area contributed by atoms with Crippen LogP contribution in [0.4, 0.5) is 0 Å². The summed E-state index contributed by atoms with van der Waals surface area (Å²) in [6.45, 7) is 1.84. The Bertz CT molecular complexity index is 99.7. The number of rotatable bonds is 6. The molecule has 0 spiro atoms. The molecule has 66 valence electrons. The van der Waals surface area contributed by atoms with Crippen LogP contribution < -0.4 is 0 Å². The van der Waals surface area contributed by atoms with Crippen molar-refractivity contribution in [1.29, 1.82) is 0 Å². The van der Waals surface area contributed by atoms with Crippen LogP contribution in [0.15, 0.2) is 12.2 Å². The van der Waals surface area contributed by atoms with Gasteiger partial charge in [-0.3, -0.25) is 0 Å². The monoisotopic (exact) mass is 268 g/mol. The molecule has 0 heterocycles. The average molecular weight is 268 g/mol. The van der Waals surface area contributed by atoms with Crippen LogP contribution in [0.5, 0.6) is 0 Å². The van der Waals surface area contributed by atoms with Crippen molar-refractivity contribution < 1.29 is 5.11 Å². The van der Waals surface area contributed by atoms with Gasteiger partial charge in [0, 0.05) is 4.43 Å². The fourth-order valence-electron chi connectivity index (χ4n) is 0.830. The van der Waals surface area contributed by atoms with E-state index in [-0.39, 0.29) is 6.10 Å². The van der Waals surface area contributed by atoms with Crippen molar-refractivity contribution in [2.45, 2.75) is 38.7 Å². The maximum Gasteiger partial charge on any atom is 0.0512 e. The third kappa shape index (κ3) is 10.4. The van der Waals surface area contributed by atoms with E-state index in [9.17, 15) is 0 Å². The summed E-state index contributed by atoms with van der Waals surface area (Å²) in [7, 11) is 0. The zero-order chi connectivity index (χ0) is 8.53. The molecule has 0 aromatic carbocycles. The maximum absolute atomic E-state index is 8.93. The fraction of sp³-hybridized carbons (Fsp3) is 0.778. The smallest absolute Gasteiger partial charge is 0.0512 e. The summed E-state index contributed by atoms with van der Waals surface area (Å²) in [6.07, 6.45) is 8.61. The Hall–Kier alpha value is 0.430. The van der Waals surface area contributed by atoms with E-state index in [0.29, 0.717) is 0 Å². The number of halogens is 1. The summed E-state index contributed by atoms with van der Waals surface area (Å²) in [5.41, 5.74) is 0. The highest BCUT2D eigenvalue weighted by Gasteiger charge is 1.91. The topological polar surface area (TPSA) is 20.2 Å². The Labute approximate surface area is 83.0 Å². The van der Waals surface area contributed by atoms with Crippen LogP contribution in [0, 0.1) is 0 Å². The van der Waals surface area contributed by atoms with Gasteiger partial charge in [0.1, 0.15) is 0 Å². The minimum Gasteiger partial charge on any atom is -0.393 e. The Kier molecular flexibility index (Phi) is 8.86. The van der Waals surface area contributed by atoms with E-state index in [1.54, 1.807) is 0 Å². The van der Waals surface area contributed by atoms with Gasteiger partial charge >= 0.3 is 0 Å². The lowest BCUT2D eigenvalue weighted by molar-refractivity contribution is 0.182. The van der Waals surface area contributed by atoms with Gasteiger partial charge in [0.15, 0.2) is 0 Å². The third-order valence-corrected chi connectivity index (χ3v) is 2.06. The Balaban J connectivity index is 3.01.